The Bertz CT molecular complexity index is 361. The number of aliphatic hydroxyl groups is 2. The summed E-state index contributed by atoms with van der Waals surface area (Å²) >= 11 is 0. The van der Waals surface area contributed by atoms with E-state index in [1.54, 1.807) is 7.11 Å². The van der Waals surface area contributed by atoms with E-state index in [9.17, 15) is 0 Å². The second-order valence-electron chi connectivity index (χ2n) is 4.60. The lowest BCUT2D eigenvalue weighted by atomic mass is 10.0. The molecule has 0 bridgehead atoms. The summed E-state index contributed by atoms with van der Waals surface area (Å²) in [6.07, 6.45) is 2.51. The van der Waals surface area contributed by atoms with Crippen LogP contribution in [0.25, 0.3) is 0 Å². The first-order valence-corrected chi connectivity index (χ1v) is 6.76. The number of rotatable bonds is 9. The molecule has 0 amide bonds. The third-order valence-electron chi connectivity index (χ3n) is 3.05. The Morgan fingerprint density at radius 1 is 1.16 bits per heavy atom. The molecule has 4 heteroatoms. The molecule has 0 aliphatic rings. The SMILES string of the molecule is CCCOc1ccc(CCC(CO)CO)cc1OC. The van der Waals surface area contributed by atoms with Crippen molar-refractivity contribution in [2.75, 3.05) is 26.9 Å². The van der Waals surface area contributed by atoms with Gasteiger partial charge in [0.15, 0.2) is 11.5 Å². The van der Waals surface area contributed by atoms with Gasteiger partial charge in [-0.15, -0.1) is 0 Å². The maximum atomic E-state index is 9.04. The van der Waals surface area contributed by atoms with E-state index < -0.39 is 0 Å². The number of benzene rings is 1. The maximum absolute atomic E-state index is 9.04. The largest absolute Gasteiger partial charge is 0.493 e. The number of ether oxygens (including phenoxy) is 2. The van der Waals surface area contributed by atoms with E-state index in [-0.39, 0.29) is 19.1 Å². The second-order valence-corrected chi connectivity index (χ2v) is 4.60. The van der Waals surface area contributed by atoms with E-state index in [4.69, 9.17) is 19.7 Å². The zero-order valence-corrected chi connectivity index (χ0v) is 11.8. The molecule has 0 spiro atoms. The van der Waals surface area contributed by atoms with Crippen LogP contribution in [0, 0.1) is 5.92 Å². The summed E-state index contributed by atoms with van der Waals surface area (Å²) in [6.45, 7) is 2.77. The van der Waals surface area contributed by atoms with Gasteiger partial charge in [-0.25, -0.2) is 0 Å². The van der Waals surface area contributed by atoms with Crippen molar-refractivity contribution in [1.29, 1.82) is 0 Å². The summed E-state index contributed by atoms with van der Waals surface area (Å²) in [6, 6.07) is 5.87. The van der Waals surface area contributed by atoms with Crippen molar-refractivity contribution >= 4 is 0 Å². The van der Waals surface area contributed by atoms with Gasteiger partial charge in [0.05, 0.1) is 13.7 Å². The van der Waals surface area contributed by atoms with Gasteiger partial charge in [-0.05, 0) is 37.0 Å². The molecule has 0 heterocycles. The topological polar surface area (TPSA) is 58.9 Å². The van der Waals surface area contributed by atoms with Crippen molar-refractivity contribution in [3.63, 3.8) is 0 Å². The smallest absolute Gasteiger partial charge is 0.161 e. The van der Waals surface area contributed by atoms with Crippen molar-refractivity contribution in [2.24, 2.45) is 5.92 Å². The predicted octanol–water partition coefficient (Wildman–Crippen LogP) is 2.02. The molecule has 1 rings (SSSR count). The van der Waals surface area contributed by atoms with Gasteiger partial charge in [-0.1, -0.05) is 13.0 Å². The lowest BCUT2D eigenvalue weighted by molar-refractivity contribution is 0.144. The molecule has 0 aliphatic heterocycles. The highest BCUT2D eigenvalue weighted by molar-refractivity contribution is 5.43. The van der Waals surface area contributed by atoms with Gasteiger partial charge >= 0.3 is 0 Å². The Labute approximate surface area is 115 Å². The fourth-order valence-corrected chi connectivity index (χ4v) is 1.81. The second kappa shape index (κ2) is 8.77. The Morgan fingerprint density at radius 2 is 1.89 bits per heavy atom. The molecule has 0 unspecified atom stereocenters. The van der Waals surface area contributed by atoms with Crippen LogP contribution in [0.2, 0.25) is 0 Å². The molecule has 0 aliphatic carbocycles. The van der Waals surface area contributed by atoms with E-state index in [2.05, 4.69) is 6.92 Å². The van der Waals surface area contributed by atoms with Crippen molar-refractivity contribution in [3.8, 4) is 11.5 Å². The Morgan fingerprint density at radius 3 is 2.47 bits per heavy atom. The van der Waals surface area contributed by atoms with Gasteiger partial charge in [0.2, 0.25) is 0 Å². The molecule has 0 saturated carbocycles. The van der Waals surface area contributed by atoms with Crippen LogP contribution in [-0.4, -0.2) is 37.1 Å². The molecular formula is C15H24O4. The molecule has 19 heavy (non-hydrogen) atoms. The first-order valence-electron chi connectivity index (χ1n) is 6.76. The van der Waals surface area contributed by atoms with Gasteiger partial charge in [0.1, 0.15) is 0 Å². The average molecular weight is 268 g/mol. The first kappa shape index (κ1) is 15.8. The number of methoxy groups -OCH3 is 1. The van der Waals surface area contributed by atoms with E-state index in [0.29, 0.717) is 6.61 Å². The molecule has 108 valence electrons. The first-order chi connectivity index (χ1) is 9.24. The molecule has 0 fully saturated rings. The Hall–Kier alpha value is -1.26. The fraction of sp³-hybridized carbons (Fsp3) is 0.600. The van der Waals surface area contributed by atoms with Crippen LogP contribution in [0.5, 0.6) is 11.5 Å². The molecule has 0 atom stereocenters. The molecule has 0 aromatic heterocycles. The summed E-state index contributed by atoms with van der Waals surface area (Å²) in [5.41, 5.74) is 1.12. The van der Waals surface area contributed by atoms with Crippen LogP contribution in [0.1, 0.15) is 25.3 Å². The van der Waals surface area contributed by atoms with Gasteiger partial charge in [0, 0.05) is 19.1 Å². The predicted molar refractivity (Wildman–Crippen MR) is 74.8 cm³/mol. The van der Waals surface area contributed by atoms with Crippen molar-refractivity contribution < 1.29 is 19.7 Å². The average Bonchev–Trinajstić information content (AvgIpc) is 2.46. The molecule has 0 saturated heterocycles. The maximum Gasteiger partial charge on any atom is 0.161 e. The minimum Gasteiger partial charge on any atom is -0.493 e. The normalized spacial score (nSPS) is 10.8. The zero-order valence-electron chi connectivity index (χ0n) is 11.8. The van der Waals surface area contributed by atoms with Crippen LogP contribution < -0.4 is 9.47 Å². The van der Waals surface area contributed by atoms with E-state index in [1.807, 2.05) is 18.2 Å². The zero-order chi connectivity index (χ0) is 14.1. The van der Waals surface area contributed by atoms with Gasteiger partial charge < -0.3 is 19.7 Å². The lowest BCUT2D eigenvalue weighted by Crippen LogP contribution is -2.11. The minimum atomic E-state index is -0.0537. The number of hydrogen-bond donors (Lipinski definition) is 2. The third-order valence-corrected chi connectivity index (χ3v) is 3.05. The highest BCUT2D eigenvalue weighted by atomic mass is 16.5. The van der Waals surface area contributed by atoms with Crippen LogP contribution in [0.3, 0.4) is 0 Å². The van der Waals surface area contributed by atoms with E-state index >= 15 is 0 Å². The van der Waals surface area contributed by atoms with Crippen LogP contribution >= 0.6 is 0 Å². The van der Waals surface area contributed by atoms with E-state index in [1.165, 1.54) is 0 Å². The molecular weight excluding hydrogens is 244 g/mol. The lowest BCUT2D eigenvalue weighted by Gasteiger charge is -2.13. The van der Waals surface area contributed by atoms with Gasteiger partial charge in [-0.3, -0.25) is 0 Å². The number of hydrogen-bond acceptors (Lipinski definition) is 4. The molecule has 1 aromatic carbocycles. The molecule has 4 nitrogen and oxygen atoms in total. The summed E-state index contributed by atoms with van der Waals surface area (Å²) in [4.78, 5) is 0. The number of aryl methyl sites for hydroxylation is 1. The highest BCUT2D eigenvalue weighted by Crippen LogP contribution is 2.29. The van der Waals surface area contributed by atoms with Crippen molar-refractivity contribution in [2.45, 2.75) is 26.2 Å². The fourth-order valence-electron chi connectivity index (χ4n) is 1.81. The monoisotopic (exact) mass is 268 g/mol. The number of aliphatic hydroxyl groups excluding tert-OH is 2. The molecule has 1 aromatic rings. The third kappa shape index (κ3) is 5.09. The molecule has 0 radical (unpaired) electrons. The van der Waals surface area contributed by atoms with Crippen molar-refractivity contribution in [3.05, 3.63) is 23.8 Å². The van der Waals surface area contributed by atoms with Crippen LogP contribution in [0.15, 0.2) is 18.2 Å². The summed E-state index contributed by atoms with van der Waals surface area (Å²) < 4.78 is 10.9. The van der Waals surface area contributed by atoms with Gasteiger partial charge in [-0.2, -0.15) is 0 Å². The Balaban J connectivity index is 2.65. The minimum absolute atomic E-state index is 0.0192. The van der Waals surface area contributed by atoms with Crippen LogP contribution in [0.4, 0.5) is 0 Å². The van der Waals surface area contributed by atoms with Gasteiger partial charge in [0.25, 0.3) is 0 Å². The van der Waals surface area contributed by atoms with Crippen LogP contribution in [-0.2, 0) is 6.42 Å². The highest BCUT2D eigenvalue weighted by Gasteiger charge is 2.09. The standard InChI is InChI=1S/C15H24O4/c1-3-8-19-14-7-6-12(9-15(14)18-2)4-5-13(10-16)11-17/h6-7,9,13,16-17H,3-5,8,10-11H2,1-2H3. The quantitative estimate of drug-likeness (QED) is 0.719. The summed E-state index contributed by atoms with van der Waals surface area (Å²) in [5, 5.41) is 18.1. The molecule has 2 N–H and O–H groups in total. The van der Waals surface area contributed by atoms with Crippen molar-refractivity contribution in [1.82, 2.24) is 0 Å². The summed E-state index contributed by atoms with van der Waals surface area (Å²) in [7, 11) is 1.63. The van der Waals surface area contributed by atoms with E-state index in [0.717, 1.165) is 36.3 Å². The summed E-state index contributed by atoms with van der Waals surface area (Å²) in [5.74, 6) is 1.44. The Kier molecular flexibility index (Phi) is 7.30.